The van der Waals surface area contributed by atoms with E-state index in [0.717, 1.165) is 29.8 Å². The van der Waals surface area contributed by atoms with Crippen LogP contribution in [0.25, 0.3) is 0 Å². The first kappa shape index (κ1) is 22.5. The Labute approximate surface area is 184 Å². The highest BCUT2D eigenvalue weighted by atomic mass is 127. The fourth-order valence-electron chi connectivity index (χ4n) is 3.88. The number of ether oxygens (including phenoxy) is 2. The molecule has 2 aromatic carbocycles. The predicted molar refractivity (Wildman–Crippen MR) is 126 cm³/mol. The maximum absolute atomic E-state index is 6.22. The monoisotopic (exact) mass is 495 g/mol. The van der Waals surface area contributed by atoms with Crippen molar-refractivity contribution in [2.45, 2.75) is 37.7 Å². The number of hydrogen-bond acceptors (Lipinski definition) is 3. The summed E-state index contributed by atoms with van der Waals surface area (Å²) in [6.07, 6.45) is 4.68. The van der Waals surface area contributed by atoms with Gasteiger partial charge >= 0.3 is 0 Å². The van der Waals surface area contributed by atoms with E-state index in [9.17, 15) is 0 Å². The maximum Gasteiger partial charge on any atom is 0.193 e. The molecule has 5 nitrogen and oxygen atoms in total. The van der Waals surface area contributed by atoms with E-state index in [0.29, 0.717) is 19.1 Å². The van der Waals surface area contributed by atoms with Crippen molar-refractivity contribution in [1.82, 2.24) is 0 Å². The van der Waals surface area contributed by atoms with Crippen LogP contribution in [0, 0.1) is 0 Å². The van der Waals surface area contributed by atoms with Crippen LogP contribution < -0.4 is 15.8 Å². The zero-order valence-corrected chi connectivity index (χ0v) is 18.9. The van der Waals surface area contributed by atoms with E-state index in [4.69, 9.17) is 20.2 Å². The van der Waals surface area contributed by atoms with Gasteiger partial charge in [0.15, 0.2) is 5.96 Å². The SMILES string of the molecule is COCc1ccccc1NC(N)=NCC1(c2cccc(OC)c2)CCCC1.I. The lowest BCUT2D eigenvalue weighted by molar-refractivity contribution is 0.185. The average molecular weight is 495 g/mol. The Morgan fingerprint density at radius 2 is 1.86 bits per heavy atom. The normalized spacial score (nSPS) is 15.7. The molecule has 0 heterocycles. The molecular formula is C22H30IN3O2. The van der Waals surface area contributed by atoms with Crippen LogP contribution >= 0.6 is 24.0 Å². The molecule has 0 atom stereocenters. The second-order valence-electron chi connectivity index (χ2n) is 7.14. The molecule has 0 bridgehead atoms. The molecule has 1 aliphatic carbocycles. The van der Waals surface area contributed by atoms with Crippen molar-refractivity contribution in [1.29, 1.82) is 0 Å². The minimum absolute atomic E-state index is 0. The topological polar surface area (TPSA) is 68.9 Å². The minimum Gasteiger partial charge on any atom is -0.497 e. The third-order valence-corrected chi connectivity index (χ3v) is 5.37. The summed E-state index contributed by atoms with van der Waals surface area (Å²) in [5.74, 6) is 1.33. The number of rotatable bonds is 7. The third-order valence-electron chi connectivity index (χ3n) is 5.37. The van der Waals surface area contributed by atoms with Crippen LogP contribution in [0.15, 0.2) is 53.5 Å². The summed E-state index contributed by atoms with van der Waals surface area (Å²) in [4.78, 5) is 4.71. The van der Waals surface area contributed by atoms with Gasteiger partial charge in [-0.15, -0.1) is 24.0 Å². The highest BCUT2D eigenvalue weighted by molar-refractivity contribution is 14.0. The quantitative estimate of drug-likeness (QED) is 0.332. The number of hydrogen-bond donors (Lipinski definition) is 2. The number of benzene rings is 2. The number of nitrogens with two attached hydrogens (primary N) is 1. The Morgan fingerprint density at radius 3 is 2.57 bits per heavy atom. The first-order valence-electron chi connectivity index (χ1n) is 9.45. The smallest absolute Gasteiger partial charge is 0.193 e. The molecule has 0 aliphatic heterocycles. The minimum atomic E-state index is 0. The van der Waals surface area contributed by atoms with Gasteiger partial charge in [-0.2, -0.15) is 0 Å². The van der Waals surface area contributed by atoms with Gasteiger partial charge in [-0.05, 0) is 36.6 Å². The lowest BCUT2D eigenvalue weighted by Crippen LogP contribution is -2.30. The Morgan fingerprint density at radius 1 is 1.11 bits per heavy atom. The van der Waals surface area contributed by atoms with E-state index in [-0.39, 0.29) is 29.4 Å². The standard InChI is InChI=1S/C22H29N3O2.HI/c1-26-15-17-8-3-4-11-20(17)25-21(23)24-16-22(12-5-6-13-22)18-9-7-10-19(14-18)27-2;/h3-4,7-11,14H,5-6,12-13,15-16H2,1-2H3,(H3,23,24,25);1H. The highest BCUT2D eigenvalue weighted by Gasteiger charge is 2.35. The Kier molecular flexibility index (Phi) is 8.57. The summed E-state index contributed by atoms with van der Waals surface area (Å²) < 4.78 is 10.7. The number of anilines is 1. The summed E-state index contributed by atoms with van der Waals surface area (Å²) in [7, 11) is 3.39. The molecule has 2 aromatic rings. The first-order chi connectivity index (χ1) is 13.2. The van der Waals surface area contributed by atoms with Gasteiger partial charge in [0.25, 0.3) is 0 Å². The van der Waals surface area contributed by atoms with Crippen molar-refractivity contribution in [2.24, 2.45) is 10.7 Å². The molecule has 0 saturated heterocycles. The summed E-state index contributed by atoms with van der Waals surface area (Å²) >= 11 is 0. The lowest BCUT2D eigenvalue weighted by Gasteiger charge is -2.28. The molecule has 0 aromatic heterocycles. The molecule has 1 aliphatic rings. The molecule has 0 amide bonds. The number of halogens is 1. The van der Waals surface area contributed by atoms with Crippen molar-refractivity contribution in [3.8, 4) is 5.75 Å². The van der Waals surface area contributed by atoms with Crippen LogP contribution in [0.2, 0.25) is 0 Å². The summed E-state index contributed by atoms with van der Waals surface area (Å²) in [6, 6.07) is 16.3. The molecule has 28 heavy (non-hydrogen) atoms. The van der Waals surface area contributed by atoms with Crippen molar-refractivity contribution in [2.75, 3.05) is 26.1 Å². The van der Waals surface area contributed by atoms with Gasteiger partial charge in [0.1, 0.15) is 5.75 Å². The molecule has 6 heteroatoms. The Bertz CT molecular complexity index is 789. The van der Waals surface area contributed by atoms with E-state index in [2.05, 4.69) is 23.5 Å². The van der Waals surface area contributed by atoms with E-state index >= 15 is 0 Å². The number of methoxy groups -OCH3 is 2. The number of para-hydroxylation sites is 1. The van der Waals surface area contributed by atoms with Crippen LogP contribution in [-0.4, -0.2) is 26.7 Å². The zero-order valence-electron chi connectivity index (χ0n) is 16.6. The number of nitrogens with one attached hydrogen (secondary N) is 1. The number of guanidine groups is 1. The van der Waals surface area contributed by atoms with Crippen LogP contribution in [-0.2, 0) is 16.8 Å². The molecule has 1 fully saturated rings. The fourth-order valence-corrected chi connectivity index (χ4v) is 3.88. The maximum atomic E-state index is 6.22. The van der Waals surface area contributed by atoms with E-state index < -0.39 is 0 Å². The van der Waals surface area contributed by atoms with Crippen LogP contribution in [0.3, 0.4) is 0 Å². The second-order valence-corrected chi connectivity index (χ2v) is 7.14. The van der Waals surface area contributed by atoms with Gasteiger partial charge in [-0.1, -0.05) is 43.2 Å². The molecular weight excluding hydrogens is 465 g/mol. The van der Waals surface area contributed by atoms with Crippen molar-refractivity contribution >= 4 is 35.6 Å². The van der Waals surface area contributed by atoms with E-state index in [1.54, 1.807) is 14.2 Å². The van der Waals surface area contributed by atoms with Crippen molar-refractivity contribution < 1.29 is 9.47 Å². The number of aliphatic imine (C=N–C) groups is 1. The first-order valence-corrected chi connectivity index (χ1v) is 9.45. The molecule has 3 N–H and O–H groups in total. The zero-order chi connectivity index (χ0) is 19.1. The van der Waals surface area contributed by atoms with Crippen LogP contribution in [0.4, 0.5) is 5.69 Å². The van der Waals surface area contributed by atoms with Gasteiger partial charge in [0.05, 0.1) is 20.3 Å². The van der Waals surface area contributed by atoms with Gasteiger partial charge in [0.2, 0.25) is 0 Å². The van der Waals surface area contributed by atoms with Crippen molar-refractivity contribution in [3.63, 3.8) is 0 Å². The van der Waals surface area contributed by atoms with E-state index in [1.807, 2.05) is 30.3 Å². The molecule has 0 radical (unpaired) electrons. The Hall–Kier alpha value is -1.80. The molecule has 0 unspecified atom stereocenters. The van der Waals surface area contributed by atoms with Crippen molar-refractivity contribution in [3.05, 3.63) is 59.7 Å². The summed E-state index contributed by atoms with van der Waals surface area (Å²) in [5, 5.41) is 3.23. The highest BCUT2D eigenvalue weighted by Crippen LogP contribution is 2.42. The summed E-state index contributed by atoms with van der Waals surface area (Å²) in [6.45, 7) is 1.20. The average Bonchev–Trinajstić information content (AvgIpc) is 3.18. The second kappa shape index (κ2) is 10.7. The van der Waals surface area contributed by atoms with Gasteiger partial charge < -0.3 is 20.5 Å². The van der Waals surface area contributed by atoms with Gasteiger partial charge in [0, 0.05) is 23.8 Å². The summed E-state index contributed by atoms with van der Waals surface area (Å²) in [5.41, 5.74) is 9.53. The lowest BCUT2D eigenvalue weighted by atomic mass is 9.79. The van der Waals surface area contributed by atoms with Gasteiger partial charge in [-0.3, -0.25) is 4.99 Å². The van der Waals surface area contributed by atoms with Crippen LogP contribution in [0.1, 0.15) is 36.8 Å². The predicted octanol–water partition coefficient (Wildman–Crippen LogP) is 4.70. The third kappa shape index (κ3) is 5.38. The molecule has 0 spiro atoms. The molecule has 1 saturated carbocycles. The largest absolute Gasteiger partial charge is 0.497 e. The van der Waals surface area contributed by atoms with E-state index in [1.165, 1.54) is 18.4 Å². The molecule has 152 valence electrons. The van der Waals surface area contributed by atoms with Crippen LogP contribution in [0.5, 0.6) is 5.75 Å². The Balaban J connectivity index is 0.00000280. The number of nitrogens with zero attached hydrogens (tertiary/aromatic N) is 1. The fraction of sp³-hybridized carbons (Fsp3) is 0.409. The van der Waals surface area contributed by atoms with Gasteiger partial charge in [-0.25, -0.2) is 0 Å². The molecule has 3 rings (SSSR count).